The van der Waals surface area contributed by atoms with E-state index in [0.29, 0.717) is 11.9 Å². The number of carbonyl (C=O) groups is 3. The summed E-state index contributed by atoms with van der Waals surface area (Å²) in [6.45, 7) is -0.194. The zero-order chi connectivity index (χ0) is 17.4. The van der Waals surface area contributed by atoms with Crippen molar-refractivity contribution >= 4 is 23.5 Å². The van der Waals surface area contributed by atoms with Crippen molar-refractivity contribution in [2.75, 3.05) is 11.9 Å². The van der Waals surface area contributed by atoms with Crippen molar-refractivity contribution in [3.8, 4) is 0 Å². The molecule has 1 N–H and O–H groups in total. The van der Waals surface area contributed by atoms with E-state index < -0.39 is 0 Å². The summed E-state index contributed by atoms with van der Waals surface area (Å²) >= 11 is 0. The molecule has 3 aliphatic rings. The Morgan fingerprint density at radius 2 is 1.64 bits per heavy atom. The first-order valence-corrected chi connectivity index (χ1v) is 9.34. The number of likely N-dealkylation sites (tertiary alicyclic amines) is 1. The summed E-state index contributed by atoms with van der Waals surface area (Å²) in [5, 5.41) is 7.16. The lowest BCUT2D eigenvalue weighted by molar-refractivity contribution is -0.142. The zero-order valence-electron chi connectivity index (χ0n) is 14.3. The van der Waals surface area contributed by atoms with Crippen molar-refractivity contribution in [2.45, 2.75) is 57.4 Å². The van der Waals surface area contributed by atoms with Crippen LogP contribution in [0, 0.1) is 11.8 Å². The van der Waals surface area contributed by atoms with Crippen LogP contribution >= 0.6 is 0 Å². The van der Waals surface area contributed by atoms with E-state index in [1.54, 1.807) is 12.3 Å². The average molecular weight is 344 g/mol. The van der Waals surface area contributed by atoms with Gasteiger partial charge < -0.3 is 5.32 Å². The second kappa shape index (κ2) is 6.61. The van der Waals surface area contributed by atoms with Crippen LogP contribution in [-0.4, -0.2) is 38.9 Å². The van der Waals surface area contributed by atoms with Gasteiger partial charge in [0.25, 0.3) is 0 Å². The van der Waals surface area contributed by atoms with E-state index >= 15 is 0 Å². The standard InChI is InChI=1S/C18H24N4O3/c23-16(20-15-9-10-19-22(15)12-5-1-2-6-12)11-21-17(24)13-7-3-4-8-14(13)18(21)25/h9-10,12-14H,1-8,11H2,(H,20,23). The van der Waals surface area contributed by atoms with Crippen molar-refractivity contribution < 1.29 is 14.4 Å². The first-order valence-electron chi connectivity index (χ1n) is 9.34. The molecule has 0 aromatic carbocycles. The quantitative estimate of drug-likeness (QED) is 0.848. The van der Waals surface area contributed by atoms with Gasteiger partial charge in [-0.25, -0.2) is 4.68 Å². The number of anilines is 1. The van der Waals surface area contributed by atoms with Gasteiger partial charge in [0, 0.05) is 6.07 Å². The third-order valence-electron chi connectivity index (χ3n) is 5.84. The molecule has 2 atom stereocenters. The van der Waals surface area contributed by atoms with Gasteiger partial charge in [-0.15, -0.1) is 0 Å². The van der Waals surface area contributed by atoms with Crippen LogP contribution in [-0.2, 0) is 14.4 Å². The van der Waals surface area contributed by atoms with Crippen LogP contribution in [0.5, 0.6) is 0 Å². The SMILES string of the molecule is O=C(CN1C(=O)C2CCCCC2C1=O)Nc1ccnn1C1CCCC1. The molecule has 2 saturated carbocycles. The molecule has 1 aliphatic heterocycles. The Morgan fingerprint density at radius 1 is 1.04 bits per heavy atom. The maximum absolute atomic E-state index is 12.5. The molecule has 25 heavy (non-hydrogen) atoms. The van der Waals surface area contributed by atoms with E-state index in [0.717, 1.165) is 43.4 Å². The predicted molar refractivity (Wildman–Crippen MR) is 90.5 cm³/mol. The summed E-state index contributed by atoms with van der Waals surface area (Å²) in [6.07, 6.45) is 9.67. The molecule has 2 unspecified atom stereocenters. The molecule has 0 spiro atoms. The number of hydrogen-bond acceptors (Lipinski definition) is 4. The van der Waals surface area contributed by atoms with Crippen molar-refractivity contribution in [1.29, 1.82) is 0 Å². The number of fused-ring (bicyclic) bond motifs is 1. The van der Waals surface area contributed by atoms with Gasteiger partial charge in [-0.2, -0.15) is 5.10 Å². The molecule has 2 heterocycles. The molecule has 7 heteroatoms. The van der Waals surface area contributed by atoms with Gasteiger partial charge in [0.05, 0.1) is 24.1 Å². The van der Waals surface area contributed by atoms with Gasteiger partial charge in [0.15, 0.2) is 0 Å². The van der Waals surface area contributed by atoms with Crippen LogP contribution in [0.3, 0.4) is 0 Å². The minimum Gasteiger partial charge on any atom is -0.309 e. The second-order valence-corrected chi connectivity index (χ2v) is 7.41. The molecular formula is C18H24N4O3. The van der Waals surface area contributed by atoms with E-state index in [2.05, 4.69) is 10.4 Å². The maximum Gasteiger partial charge on any atom is 0.245 e. The Balaban J connectivity index is 1.42. The van der Waals surface area contributed by atoms with Gasteiger partial charge >= 0.3 is 0 Å². The number of amides is 3. The highest BCUT2D eigenvalue weighted by atomic mass is 16.2. The summed E-state index contributed by atoms with van der Waals surface area (Å²) in [5.74, 6) is -0.451. The third-order valence-corrected chi connectivity index (χ3v) is 5.84. The predicted octanol–water partition coefficient (Wildman–Crippen LogP) is 2.11. The minimum atomic E-state index is -0.333. The van der Waals surface area contributed by atoms with E-state index in [1.165, 1.54) is 12.8 Å². The fourth-order valence-corrected chi connectivity index (χ4v) is 4.57. The first kappa shape index (κ1) is 16.3. The highest BCUT2D eigenvalue weighted by Crippen LogP contribution is 2.38. The lowest BCUT2D eigenvalue weighted by Crippen LogP contribution is -2.38. The van der Waals surface area contributed by atoms with Crippen molar-refractivity contribution in [1.82, 2.24) is 14.7 Å². The molecule has 3 amide bonds. The molecule has 2 aliphatic carbocycles. The number of aromatic nitrogens is 2. The summed E-state index contributed by atoms with van der Waals surface area (Å²) in [7, 11) is 0. The number of hydrogen-bond donors (Lipinski definition) is 1. The van der Waals surface area contributed by atoms with Crippen LogP contribution in [0.1, 0.15) is 57.4 Å². The molecule has 0 radical (unpaired) electrons. The van der Waals surface area contributed by atoms with E-state index in [1.807, 2.05) is 4.68 Å². The third kappa shape index (κ3) is 2.96. The smallest absolute Gasteiger partial charge is 0.245 e. The number of imide groups is 1. The fraction of sp³-hybridized carbons (Fsp3) is 0.667. The summed E-state index contributed by atoms with van der Waals surface area (Å²) in [6, 6.07) is 2.09. The molecule has 1 aromatic rings. The highest BCUT2D eigenvalue weighted by molar-refractivity contribution is 6.08. The molecule has 7 nitrogen and oxygen atoms in total. The first-order chi connectivity index (χ1) is 12.1. The summed E-state index contributed by atoms with van der Waals surface area (Å²) in [4.78, 5) is 38.5. The topological polar surface area (TPSA) is 84.3 Å². The van der Waals surface area contributed by atoms with Gasteiger partial charge in [0.2, 0.25) is 17.7 Å². The minimum absolute atomic E-state index is 0.172. The Morgan fingerprint density at radius 3 is 2.28 bits per heavy atom. The normalized spacial score (nSPS) is 27.0. The lowest BCUT2D eigenvalue weighted by Gasteiger charge is -2.19. The van der Waals surface area contributed by atoms with Crippen molar-refractivity contribution in [2.24, 2.45) is 11.8 Å². The zero-order valence-corrected chi connectivity index (χ0v) is 14.3. The number of nitrogens with zero attached hydrogens (tertiary/aromatic N) is 3. The van der Waals surface area contributed by atoms with Crippen LogP contribution in [0.2, 0.25) is 0 Å². The van der Waals surface area contributed by atoms with Crippen LogP contribution in [0.25, 0.3) is 0 Å². The molecule has 134 valence electrons. The number of carbonyl (C=O) groups excluding carboxylic acids is 3. The molecule has 3 fully saturated rings. The van der Waals surface area contributed by atoms with Crippen LogP contribution < -0.4 is 5.32 Å². The van der Waals surface area contributed by atoms with Crippen LogP contribution in [0.15, 0.2) is 12.3 Å². The molecular weight excluding hydrogens is 320 g/mol. The van der Waals surface area contributed by atoms with Gasteiger partial charge in [-0.3, -0.25) is 19.3 Å². The van der Waals surface area contributed by atoms with Crippen molar-refractivity contribution in [3.05, 3.63) is 12.3 Å². The molecule has 1 aromatic heterocycles. The summed E-state index contributed by atoms with van der Waals surface area (Å²) < 4.78 is 1.86. The Kier molecular flexibility index (Phi) is 4.31. The molecule has 4 rings (SSSR count). The van der Waals surface area contributed by atoms with Crippen LogP contribution in [0.4, 0.5) is 5.82 Å². The van der Waals surface area contributed by atoms with Gasteiger partial charge in [-0.05, 0) is 25.7 Å². The monoisotopic (exact) mass is 344 g/mol. The molecule has 0 bridgehead atoms. The van der Waals surface area contributed by atoms with E-state index in [9.17, 15) is 14.4 Å². The maximum atomic E-state index is 12.5. The van der Waals surface area contributed by atoms with Gasteiger partial charge in [-0.1, -0.05) is 25.7 Å². The van der Waals surface area contributed by atoms with E-state index in [4.69, 9.17) is 0 Å². The Bertz CT molecular complexity index is 668. The van der Waals surface area contributed by atoms with E-state index in [-0.39, 0.29) is 36.1 Å². The fourth-order valence-electron chi connectivity index (χ4n) is 4.57. The largest absolute Gasteiger partial charge is 0.309 e. The number of nitrogens with one attached hydrogen (secondary N) is 1. The number of rotatable bonds is 4. The second-order valence-electron chi connectivity index (χ2n) is 7.41. The Hall–Kier alpha value is -2.18. The van der Waals surface area contributed by atoms with Gasteiger partial charge in [0.1, 0.15) is 12.4 Å². The lowest BCUT2D eigenvalue weighted by atomic mass is 9.81. The Labute approximate surface area is 146 Å². The average Bonchev–Trinajstić information content (AvgIpc) is 3.33. The summed E-state index contributed by atoms with van der Waals surface area (Å²) in [5.41, 5.74) is 0. The highest BCUT2D eigenvalue weighted by Gasteiger charge is 2.48. The molecule has 1 saturated heterocycles. The van der Waals surface area contributed by atoms with Crippen molar-refractivity contribution in [3.63, 3.8) is 0 Å².